The Kier molecular flexibility index (Phi) is 5.54. The van der Waals surface area contributed by atoms with Crippen molar-refractivity contribution in [3.63, 3.8) is 0 Å². The highest BCUT2D eigenvalue weighted by Gasteiger charge is 2.12. The summed E-state index contributed by atoms with van der Waals surface area (Å²) in [5.41, 5.74) is 0.979. The van der Waals surface area contributed by atoms with Crippen LogP contribution in [0.5, 0.6) is 0 Å². The van der Waals surface area contributed by atoms with Gasteiger partial charge in [-0.3, -0.25) is 23.5 Å². The third-order valence-electron chi connectivity index (χ3n) is 4.45. The lowest BCUT2D eigenvalue weighted by Crippen LogP contribution is -2.41. The van der Waals surface area contributed by atoms with Crippen molar-refractivity contribution in [2.75, 3.05) is 5.32 Å². The third-order valence-corrected chi connectivity index (χ3v) is 4.45. The maximum absolute atomic E-state index is 13.5. The van der Waals surface area contributed by atoms with E-state index in [9.17, 15) is 18.8 Å². The van der Waals surface area contributed by atoms with E-state index >= 15 is 0 Å². The largest absolute Gasteiger partial charge is 0.325 e. The van der Waals surface area contributed by atoms with Crippen molar-refractivity contribution in [3.8, 4) is 5.69 Å². The van der Waals surface area contributed by atoms with Gasteiger partial charge in [0.2, 0.25) is 5.91 Å². The van der Waals surface area contributed by atoms with Crippen molar-refractivity contribution in [1.29, 1.82) is 0 Å². The molecule has 6 nitrogen and oxygen atoms in total. The molecule has 3 aromatic rings. The van der Waals surface area contributed by atoms with E-state index in [0.717, 1.165) is 21.1 Å². The number of amides is 1. The molecule has 1 amide bonds. The smallest absolute Gasteiger partial charge is 0.320 e. The quantitative estimate of drug-likeness (QED) is 0.691. The van der Waals surface area contributed by atoms with Crippen molar-refractivity contribution >= 4 is 11.6 Å². The molecular formula is C21H20FN3O3. The maximum atomic E-state index is 13.5. The van der Waals surface area contributed by atoms with Gasteiger partial charge in [0.25, 0.3) is 0 Å². The van der Waals surface area contributed by atoms with Gasteiger partial charge in [-0.05, 0) is 48.7 Å². The van der Waals surface area contributed by atoms with E-state index in [-0.39, 0.29) is 12.2 Å². The Morgan fingerprint density at radius 2 is 1.75 bits per heavy atom. The second-order valence-corrected chi connectivity index (χ2v) is 6.44. The SMILES string of the molecule is CCc1ccc(NC(=O)Cn2ccn(-c3cc(F)ccc3C)c(=O)c2=O)cc1. The van der Waals surface area contributed by atoms with E-state index in [1.165, 1.54) is 30.6 Å². The zero-order chi connectivity index (χ0) is 20.3. The number of hydrogen-bond donors (Lipinski definition) is 1. The molecule has 0 radical (unpaired) electrons. The number of aromatic nitrogens is 2. The fourth-order valence-electron chi connectivity index (χ4n) is 2.84. The summed E-state index contributed by atoms with van der Waals surface area (Å²) in [5, 5.41) is 2.69. The summed E-state index contributed by atoms with van der Waals surface area (Å²) in [5.74, 6) is -0.935. The van der Waals surface area contributed by atoms with Crippen LogP contribution in [0, 0.1) is 12.7 Å². The number of nitrogens with zero attached hydrogens (tertiary/aromatic N) is 2. The summed E-state index contributed by atoms with van der Waals surface area (Å²) in [6.07, 6.45) is 3.59. The first-order valence-corrected chi connectivity index (χ1v) is 8.86. The van der Waals surface area contributed by atoms with Gasteiger partial charge >= 0.3 is 11.1 Å². The molecule has 0 aliphatic carbocycles. The topological polar surface area (TPSA) is 73.1 Å². The molecule has 0 aliphatic rings. The second-order valence-electron chi connectivity index (χ2n) is 6.44. The Labute approximate surface area is 160 Å². The maximum Gasteiger partial charge on any atom is 0.320 e. The van der Waals surface area contributed by atoms with E-state index in [1.807, 2.05) is 19.1 Å². The fraction of sp³-hybridized carbons (Fsp3) is 0.190. The van der Waals surface area contributed by atoms with Crippen LogP contribution in [0.3, 0.4) is 0 Å². The van der Waals surface area contributed by atoms with Gasteiger partial charge in [-0.1, -0.05) is 25.1 Å². The molecule has 1 heterocycles. The van der Waals surface area contributed by atoms with Crippen molar-refractivity contribution in [2.45, 2.75) is 26.8 Å². The van der Waals surface area contributed by atoms with Crippen molar-refractivity contribution < 1.29 is 9.18 Å². The zero-order valence-electron chi connectivity index (χ0n) is 15.6. The standard InChI is InChI=1S/C21H20FN3O3/c1-3-15-5-8-17(9-6-15)23-19(26)13-24-10-11-25(21(28)20(24)27)18-12-16(22)7-4-14(18)2/h4-12H,3,13H2,1-2H3,(H,23,26). The van der Waals surface area contributed by atoms with Crippen LogP contribution in [0.25, 0.3) is 5.69 Å². The number of benzene rings is 2. The molecule has 0 spiro atoms. The highest BCUT2D eigenvalue weighted by Crippen LogP contribution is 2.13. The molecule has 1 aromatic heterocycles. The monoisotopic (exact) mass is 381 g/mol. The molecule has 3 rings (SSSR count). The number of halogens is 1. The second kappa shape index (κ2) is 8.04. The lowest BCUT2D eigenvalue weighted by atomic mass is 10.1. The third kappa shape index (κ3) is 4.09. The highest BCUT2D eigenvalue weighted by molar-refractivity contribution is 5.90. The van der Waals surface area contributed by atoms with E-state index in [1.54, 1.807) is 19.1 Å². The van der Waals surface area contributed by atoms with Crippen LogP contribution in [0.4, 0.5) is 10.1 Å². The number of anilines is 1. The molecule has 2 aromatic carbocycles. The van der Waals surface area contributed by atoms with E-state index in [4.69, 9.17) is 0 Å². The summed E-state index contributed by atoms with van der Waals surface area (Å²) in [4.78, 5) is 37.1. The first-order chi connectivity index (χ1) is 13.4. The number of carbonyl (C=O) groups is 1. The van der Waals surface area contributed by atoms with Crippen LogP contribution in [0.2, 0.25) is 0 Å². The summed E-state index contributed by atoms with van der Waals surface area (Å²) >= 11 is 0. The van der Waals surface area contributed by atoms with E-state index in [2.05, 4.69) is 5.32 Å². The van der Waals surface area contributed by atoms with Crippen molar-refractivity contribution in [3.05, 3.63) is 92.5 Å². The molecule has 0 fully saturated rings. The lowest BCUT2D eigenvalue weighted by Gasteiger charge is -2.11. The number of hydrogen-bond acceptors (Lipinski definition) is 3. The number of nitrogens with one attached hydrogen (secondary N) is 1. The fourth-order valence-corrected chi connectivity index (χ4v) is 2.84. The predicted octanol–water partition coefficient (Wildman–Crippen LogP) is 2.65. The van der Waals surface area contributed by atoms with Gasteiger partial charge in [0.15, 0.2) is 0 Å². The van der Waals surface area contributed by atoms with Crippen molar-refractivity contribution in [1.82, 2.24) is 9.13 Å². The van der Waals surface area contributed by atoms with Crippen LogP contribution >= 0.6 is 0 Å². The molecule has 0 unspecified atom stereocenters. The number of rotatable bonds is 5. The van der Waals surface area contributed by atoms with Crippen LogP contribution < -0.4 is 16.4 Å². The van der Waals surface area contributed by atoms with Gasteiger partial charge in [-0.15, -0.1) is 0 Å². The molecule has 0 bridgehead atoms. The molecular weight excluding hydrogens is 361 g/mol. The summed E-state index contributed by atoms with van der Waals surface area (Å²) in [6, 6.07) is 11.4. The molecule has 0 saturated heterocycles. The van der Waals surface area contributed by atoms with Gasteiger partial charge in [-0.25, -0.2) is 4.39 Å². The number of aryl methyl sites for hydroxylation is 2. The lowest BCUT2D eigenvalue weighted by molar-refractivity contribution is -0.116. The van der Waals surface area contributed by atoms with Gasteiger partial charge in [0, 0.05) is 18.1 Å². The first-order valence-electron chi connectivity index (χ1n) is 8.86. The summed E-state index contributed by atoms with van der Waals surface area (Å²) in [6.45, 7) is 3.45. The predicted molar refractivity (Wildman–Crippen MR) is 105 cm³/mol. The molecule has 28 heavy (non-hydrogen) atoms. The minimum atomic E-state index is -0.859. The summed E-state index contributed by atoms with van der Waals surface area (Å²) in [7, 11) is 0. The van der Waals surface area contributed by atoms with Crippen LogP contribution in [-0.2, 0) is 17.8 Å². The Morgan fingerprint density at radius 3 is 2.43 bits per heavy atom. The van der Waals surface area contributed by atoms with Gasteiger partial charge in [-0.2, -0.15) is 0 Å². The zero-order valence-corrected chi connectivity index (χ0v) is 15.6. The van der Waals surface area contributed by atoms with Crippen LogP contribution in [0.1, 0.15) is 18.1 Å². The molecule has 0 atom stereocenters. The molecule has 1 N–H and O–H groups in total. The molecule has 144 valence electrons. The number of carbonyl (C=O) groups excluding carboxylic acids is 1. The minimum absolute atomic E-state index is 0.287. The minimum Gasteiger partial charge on any atom is -0.325 e. The molecule has 0 aliphatic heterocycles. The van der Waals surface area contributed by atoms with E-state index in [0.29, 0.717) is 11.3 Å². The van der Waals surface area contributed by atoms with Crippen LogP contribution in [-0.4, -0.2) is 15.0 Å². The van der Waals surface area contributed by atoms with Gasteiger partial charge in [0.1, 0.15) is 12.4 Å². The Bertz CT molecular complexity index is 1130. The first kappa shape index (κ1) is 19.3. The van der Waals surface area contributed by atoms with Crippen LogP contribution in [0.15, 0.2) is 64.4 Å². The molecule has 7 heteroatoms. The summed E-state index contributed by atoms with van der Waals surface area (Å²) < 4.78 is 15.6. The highest BCUT2D eigenvalue weighted by atomic mass is 19.1. The Morgan fingerprint density at radius 1 is 1.04 bits per heavy atom. The van der Waals surface area contributed by atoms with Gasteiger partial charge in [0.05, 0.1) is 5.69 Å². The van der Waals surface area contributed by atoms with E-state index < -0.39 is 22.8 Å². The van der Waals surface area contributed by atoms with Gasteiger partial charge < -0.3 is 5.32 Å². The Balaban J connectivity index is 1.82. The average molecular weight is 381 g/mol. The Hall–Kier alpha value is -3.48. The normalized spacial score (nSPS) is 10.7. The molecule has 0 saturated carbocycles. The van der Waals surface area contributed by atoms with Crippen molar-refractivity contribution in [2.24, 2.45) is 0 Å². The average Bonchev–Trinajstić information content (AvgIpc) is 2.68.